The van der Waals surface area contributed by atoms with Crippen molar-refractivity contribution in [3.05, 3.63) is 30.3 Å². The number of hydrogen-bond acceptors (Lipinski definition) is 2. The van der Waals surface area contributed by atoms with Gasteiger partial charge in [0, 0.05) is 22.0 Å². The van der Waals surface area contributed by atoms with Crippen molar-refractivity contribution in [2.24, 2.45) is 5.41 Å². The maximum absolute atomic E-state index is 12.1. The molecule has 0 aliphatic heterocycles. The molecule has 0 aromatic heterocycles. The van der Waals surface area contributed by atoms with Gasteiger partial charge in [0.2, 0.25) is 0 Å². The van der Waals surface area contributed by atoms with E-state index < -0.39 is 0 Å². The standard InChI is InChI=1S/C15H20OS/c1-3-14(15(2)11-7-10-13(15)16)17-12-8-5-4-6-9-12/h4-6,8-9,14H,3,7,10-11H2,1-2H3. The minimum absolute atomic E-state index is 0.102. The second kappa shape index (κ2) is 5.26. The molecule has 2 rings (SSSR count). The van der Waals surface area contributed by atoms with E-state index >= 15 is 0 Å². The van der Waals surface area contributed by atoms with E-state index in [1.807, 2.05) is 17.8 Å². The fraction of sp³-hybridized carbons (Fsp3) is 0.533. The molecule has 0 heterocycles. The quantitative estimate of drug-likeness (QED) is 0.738. The lowest BCUT2D eigenvalue weighted by atomic mass is 9.82. The highest BCUT2D eigenvalue weighted by Gasteiger charge is 2.43. The van der Waals surface area contributed by atoms with E-state index in [0.717, 1.165) is 25.7 Å². The molecule has 1 saturated carbocycles. The highest BCUT2D eigenvalue weighted by Crippen LogP contribution is 2.46. The highest BCUT2D eigenvalue weighted by molar-refractivity contribution is 8.00. The SMILES string of the molecule is CCC(Sc1ccccc1)C1(C)CCCC1=O. The topological polar surface area (TPSA) is 17.1 Å². The van der Waals surface area contributed by atoms with Crippen LogP contribution < -0.4 is 0 Å². The van der Waals surface area contributed by atoms with Gasteiger partial charge in [0.25, 0.3) is 0 Å². The van der Waals surface area contributed by atoms with Gasteiger partial charge >= 0.3 is 0 Å². The number of rotatable bonds is 4. The van der Waals surface area contributed by atoms with Crippen LogP contribution in [0.25, 0.3) is 0 Å². The summed E-state index contributed by atoms with van der Waals surface area (Å²) in [4.78, 5) is 13.4. The van der Waals surface area contributed by atoms with Crippen LogP contribution in [0.2, 0.25) is 0 Å². The van der Waals surface area contributed by atoms with Crippen LogP contribution in [0.3, 0.4) is 0 Å². The monoisotopic (exact) mass is 248 g/mol. The lowest BCUT2D eigenvalue weighted by Crippen LogP contribution is -2.33. The first kappa shape index (κ1) is 12.7. The van der Waals surface area contributed by atoms with Gasteiger partial charge in [-0.25, -0.2) is 0 Å². The normalized spacial score (nSPS) is 26.1. The van der Waals surface area contributed by atoms with E-state index in [0.29, 0.717) is 11.0 Å². The first-order chi connectivity index (χ1) is 8.16. The molecule has 0 saturated heterocycles. The molecule has 1 nitrogen and oxygen atoms in total. The minimum atomic E-state index is -0.102. The Balaban J connectivity index is 2.14. The highest BCUT2D eigenvalue weighted by atomic mass is 32.2. The van der Waals surface area contributed by atoms with Crippen molar-refractivity contribution in [3.63, 3.8) is 0 Å². The van der Waals surface area contributed by atoms with Crippen molar-refractivity contribution >= 4 is 17.5 Å². The average molecular weight is 248 g/mol. The Morgan fingerprint density at radius 1 is 1.35 bits per heavy atom. The predicted molar refractivity (Wildman–Crippen MR) is 73.3 cm³/mol. The molecule has 92 valence electrons. The van der Waals surface area contributed by atoms with Crippen LogP contribution in [-0.4, -0.2) is 11.0 Å². The summed E-state index contributed by atoms with van der Waals surface area (Å²) in [6.07, 6.45) is 3.97. The van der Waals surface area contributed by atoms with Gasteiger partial charge in [-0.15, -0.1) is 11.8 Å². The van der Waals surface area contributed by atoms with Gasteiger partial charge in [0.1, 0.15) is 5.78 Å². The summed E-state index contributed by atoms with van der Waals surface area (Å²) >= 11 is 1.87. The summed E-state index contributed by atoms with van der Waals surface area (Å²) in [5.41, 5.74) is -0.102. The maximum Gasteiger partial charge on any atom is 0.139 e. The second-order valence-corrected chi connectivity index (χ2v) is 6.30. The first-order valence-corrected chi connectivity index (χ1v) is 7.30. The van der Waals surface area contributed by atoms with Crippen LogP contribution in [0.15, 0.2) is 35.2 Å². The molecule has 1 aliphatic carbocycles. The number of benzene rings is 1. The number of thioether (sulfide) groups is 1. The molecule has 2 unspecified atom stereocenters. The van der Waals surface area contributed by atoms with E-state index in [1.165, 1.54) is 4.90 Å². The number of Topliss-reactive ketones (excluding diaryl/α,β-unsaturated/α-hetero) is 1. The maximum atomic E-state index is 12.1. The lowest BCUT2D eigenvalue weighted by molar-refractivity contribution is -0.125. The molecule has 0 spiro atoms. The number of carbonyl (C=O) groups excluding carboxylic acids is 1. The number of ketones is 1. The van der Waals surface area contributed by atoms with Gasteiger partial charge in [0.05, 0.1) is 0 Å². The molecule has 0 amide bonds. The van der Waals surface area contributed by atoms with Crippen LogP contribution in [0.1, 0.15) is 39.5 Å². The third kappa shape index (κ3) is 2.57. The summed E-state index contributed by atoms with van der Waals surface area (Å²) in [6, 6.07) is 10.4. The molecule has 0 N–H and O–H groups in total. The van der Waals surface area contributed by atoms with Crippen LogP contribution in [0.4, 0.5) is 0 Å². The summed E-state index contributed by atoms with van der Waals surface area (Å²) in [6.45, 7) is 4.35. The van der Waals surface area contributed by atoms with E-state index in [2.05, 4.69) is 38.1 Å². The first-order valence-electron chi connectivity index (χ1n) is 6.42. The molecule has 1 aromatic rings. The Hall–Kier alpha value is -0.760. The molecule has 1 fully saturated rings. The molecule has 2 heteroatoms. The van der Waals surface area contributed by atoms with Gasteiger partial charge in [-0.2, -0.15) is 0 Å². The van der Waals surface area contributed by atoms with Gasteiger partial charge in [-0.1, -0.05) is 32.0 Å². The van der Waals surface area contributed by atoms with Crippen molar-refractivity contribution in [1.29, 1.82) is 0 Å². The molecule has 2 atom stereocenters. The second-order valence-electron chi connectivity index (χ2n) is 5.02. The van der Waals surface area contributed by atoms with Crippen molar-refractivity contribution in [2.75, 3.05) is 0 Å². The molecule has 1 aromatic carbocycles. The molecule has 0 radical (unpaired) electrons. The van der Waals surface area contributed by atoms with Crippen LogP contribution in [0.5, 0.6) is 0 Å². The van der Waals surface area contributed by atoms with Crippen LogP contribution in [0, 0.1) is 5.41 Å². The smallest absolute Gasteiger partial charge is 0.139 e. The summed E-state index contributed by atoms with van der Waals surface area (Å²) in [7, 11) is 0. The minimum Gasteiger partial charge on any atom is -0.299 e. The van der Waals surface area contributed by atoms with Crippen molar-refractivity contribution in [3.8, 4) is 0 Å². The van der Waals surface area contributed by atoms with E-state index in [-0.39, 0.29) is 5.41 Å². The summed E-state index contributed by atoms with van der Waals surface area (Å²) in [5.74, 6) is 0.466. The summed E-state index contributed by atoms with van der Waals surface area (Å²) in [5, 5.41) is 0.417. The Labute approximate surface area is 108 Å². The largest absolute Gasteiger partial charge is 0.299 e. The van der Waals surface area contributed by atoms with Gasteiger partial charge in [-0.05, 0) is 31.4 Å². The molecule has 17 heavy (non-hydrogen) atoms. The molecular weight excluding hydrogens is 228 g/mol. The Morgan fingerprint density at radius 3 is 2.59 bits per heavy atom. The fourth-order valence-electron chi connectivity index (χ4n) is 2.71. The Kier molecular flexibility index (Phi) is 3.93. The van der Waals surface area contributed by atoms with Crippen molar-refractivity contribution < 1.29 is 4.79 Å². The Bertz CT molecular complexity index is 387. The lowest BCUT2D eigenvalue weighted by Gasteiger charge is -2.31. The number of hydrogen-bond donors (Lipinski definition) is 0. The molecular formula is C15H20OS. The van der Waals surface area contributed by atoms with Crippen LogP contribution >= 0.6 is 11.8 Å². The predicted octanol–water partition coefficient (Wildman–Crippen LogP) is 4.32. The van der Waals surface area contributed by atoms with Gasteiger partial charge in [-0.3, -0.25) is 4.79 Å². The Morgan fingerprint density at radius 2 is 2.06 bits per heavy atom. The average Bonchev–Trinajstić information content (AvgIpc) is 2.69. The van der Waals surface area contributed by atoms with E-state index in [4.69, 9.17) is 0 Å². The van der Waals surface area contributed by atoms with E-state index in [1.54, 1.807) is 0 Å². The third-order valence-electron chi connectivity index (χ3n) is 3.84. The number of carbonyl (C=O) groups is 1. The zero-order valence-electron chi connectivity index (χ0n) is 10.6. The van der Waals surface area contributed by atoms with Gasteiger partial charge in [0.15, 0.2) is 0 Å². The van der Waals surface area contributed by atoms with Gasteiger partial charge < -0.3 is 0 Å². The zero-order chi connectivity index (χ0) is 12.3. The van der Waals surface area contributed by atoms with Crippen LogP contribution in [-0.2, 0) is 4.79 Å². The summed E-state index contributed by atoms with van der Waals surface area (Å²) < 4.78 is 0. The van der Waals surface area contributed by atoms with E-state index in [9.17, 15) is 4.79 Å². The fourth-order valence-corrected chi connectivity index (χ4v) is 4.03. The van der Waals surface area contributed by atoms with Crippen molar-refractivity contribution in [2.45, 2.75) is 49.7 Å². The molecule has 1 aliphatic rings. The zero-order valence-corrected chi connectivity index (χ0v) is 11.4. The third-order valence-corrected chi connectivity index (χ3v) is 5.52. The molecule has 0 bridgehead atoms. The van der Waals surface area contributed by atoms with Crippen molar-refractivity contribution in [1.82, 2.24) is 0 Å².